The Hall–Kier alpha value is -1.30. The zero-order chi connectivity index (χ0) is 16.8. The van der Waals surface area contributed by atoms with Crippen molar-refractivity contribution < 1.29 is 9.59 Å². The van der Waals surface area contributed by atoms with Crippen molar-refractivity contribution in [1.29, 1.82) is 0 Å². The maximum Gasteiger partial charge on any atom is 0.239 e. The molecule has 1 unspecified atom stereocenters. The number of carbonyl (C=O) groups is 2. The molecule has 0 bridgehead atoms. The predicted octanol–water partition coefficient (Wildman–Crippen LogP) is 2.02. The van der Waals surface area contributed by atoms with Gasteiger partial charge in [0.05, 0.1) is 10.7 Å². The summed E-state index contributed by atoms with van der Waals surface area (Å²) in [6.45, 7) is 3.96. The summed E-state index contributed by atoms with van der Waals surface area (Å²) in [5, 5.41) is 4.36. The Balaban J connectivity index is 1.49. The first-order valence-electron chi connectivity index (χ1n) is 8.30. The lowest BCUT2D eigenvalue weighted by Crippen LogP contribution is -2.40. The molecule has 1 aromatic rings. The number of nitrogens with one attached hydrogen (secondary N) is 1. The number of hydrogen-bond acceptors (Lipinski definition) is 3. The van der Waals surface area contributed by atoms with E-state index in [0.29, 0.717) is 40.5 Å². The second kappa shape index (κ2) is 6.21. The molecule has 0 saturated carbocycles. The minimum atomic E-state index is -0.591. The van der Waals surface area contributed by atoms with Crippen LogP contribution in [0.25, 0.3) is 0 Å². The first-order chi connectivity index (χ1) is 11.5. The van der Waals surface area contributed by atoms with Gasteiger partial charge in [-0.15, -0.1) is 0 Å². The highest BCUT2D eigenvalue weighted by Crippen LogP contribution is 2.35. The van der Waals surface area contributed by atoms with Crippen LogP contribution in [0.5, 0.6) is 0 Å². The van der Waals surface area contributed by atoms with E-state index in [0.717, 1.165) is 26.2 Å². The van der Waals surface area contributed by atoms with Crippen molar-refractivity contribution in [2.24, 2.45) is 17.8 Å². The number of likely N-dealkylation sites (tertiary alicyclic amines) is 1. The minimum absolute atomic E-state index is 0.0324. The summed E-state index contributed by atoms with van der Waals surface area (Å²) < 4.78 is 0. The van der Waals surface area contributed by atoms with Crippen LogP contribution in [0, 0.1) is 17.8 Å². The van der Waals surface area contributed by atoms with E-state index in [1.807, 2.05) is 4.90 Å². The van der Waals surface area contributed by atoms with E-state index in [2.05, 4.69) is 5.32 Å². The standard InChI is InChI=1S/C17H19Cl2N3O2/c18-12-1-2-14(19)15(5-12)22-4-3-13(17(22)24)16(23)21-8-10-6-20-7-11(10)9-21/h1-2,5,10-11,13,20H,3-4,6-9H2/t10-,11+,13?. The van der Waals surface area contributed by atoms with Gasteiger partial charge in [-0.2, -0.15) is 0 Å². The van der Waals surface area contributed by atoms with Gasteiger partial charge in [0.15, 0.2) is 0 Å². The van der Waals surface area contributed by atoms with Gasteiger partial charge < -0.3 is 15.1 Å². The maximum atomic E-state index is 12.8. The SMILES string of the molecule is O=C(C1CCN(c2cc(Cl)ccc2Cl)C1=O)N1C[C@H]2CNC[C@H]2C1. The van der Waals surface area contributed by atoms with Gasteiger partial charge in [0, 0.05) is 37.7 Å². The number of benzene rings is 1. The third kappa shape index (κ3) is 2.68. The van der Waals surface area contributed by atoms with E-state index in [4.69, 9.17) is 23.2 Å². The molecule has 3 aliphatic rings. The molecule has 1 aromatic carbocycles. The molecule has 7 heteroatoms. The van der Waals surface area contributed by atoms with Gasteiger partial charge in [0.2, 0.25) is 11.8 Å². The summed E-state index contributed by atoms with van der Waals surface area (Å²) in [6, 6.07) is 5.05. The van der Waals surface area contributed by atoms with Gasteiger partial charge in [-0.1, -0.05) is 23.2 Å². The molecule has 3 aliphatic heterocycles. The minimum Gasteiger partial charge on any atom is -0.341 e. The molecule has 1 N–H and O–H groups in total. The summed E-state index contributed by atoms with van der Waals surface area (Å²) in [5.74, 6) is 0.272. The van der Waals surface area contributed by atoms with Gasteiger partial charge in [-0.25, -0.2) is 0 Å². The molecule has 128 valence electrons. The van der Waals surface area contributed by atoms with Crippen molar-refractivity contribution in [3.8, 4) is 0 Å². The molecule has 3 fully saturated rings. The molecule has 0 radical (unpaired) electrons. The molecule has 5 nitrogen and oxygen atoms in total. The fraction of sp³-hybridized carbons (Fsp3) is 0.529. The largest absolute Gasteiger partial charge is 0.341 e. The van der Waals surface area contributed by atoms with Crippen LogP contribution in [0.2, 0.25) is 10.0 Å². The Morgan fingerprint density at radius 3 is 2.58 bits per heavy atom. The highest BCUT2D eigenvalue weighted by Gasteiger charge is 2.44. The van der Waals surface area contributed by atoms with E-state index < -0.39 is 5.92 Å². The number of nitrogens with zero attached hydrogens (tertiary/aromatic N) is 2. The number of amides is 2. The second-order valence-electron chi connectivity index (χ2n) is 6.85. The number of rotatable bonds is 2. The highest BCUT2D eigenvalue weighted by molar-refractivity contribution is 6.36. The van der Waals surface area contributed by atoms with Crippen LogP contribution in [0.15, 0.2) is 18.2 Å². The van der Waals surface area contributed by atoms with E-state index in [9.17, 15) is 9.59 Å². The first-order valence-corrected chi connectivity index (χ1v) is 9.06. The molecule has 24 heavy (non-hydrogen) atoms. The number of anilines is 1. The van der Waals surface area contributed by atoms with Gasteiger partial charge in [-0.05, 0) is 36.5 Å². The van der Waals surface area contributed by atoms with E-state index >= 15 is 0 Å². The number of hydrogen-bond donors (Lipinski definition) is 1. The third-order valence-electron chi connectivity index (χ3n) is 5.40. The van der Waals surface area contributed by atoms with Crippen LogP contribution in [-0.4, -0.2) is 49.4 Å². The second-order valence-corrected chi connectivity index (χ2v) is 7.69. The van der Waals surface area contributed by atoms with E-state index in [1.54, 1.807) is 23.1 Å². The third-order valence-corrected chi connectivity index (χ3v) is 5.96. The van der Waals surface area contributed by atoms with Crippen LogP contribution in [0.3, 0.4) is 0 Å². The van der Waals surface area contributed by atoms with Crippen molar-refractivity contribution in [2.75, 3.05) is 37.6 Å². The Morgan fingerprint density at radius 2 is 1.88 bits per heavy atom. The molecule has 3 saturated heterocycles. The summed E-state index contributed by atoms with van der Waals surface area (Å²) in [5.41, 5.74) is 0.590. The lowest BCUT2D eigenvalue weighted by molar-refractivity contribution is -0.139. The Morgan fingerprint density at radius 1 is 1.17 bits per heavy atom. The molecule has 0 aromatic heterocycles. The molecule has 2 amide bonds. The molecular weight excluding hydrogens is 349 g/mol. The predicted molar refractivity (Wildman–Crippen MR) is 93.4 cm³/mol. The fourth-order valence-electron chi connectivity index (χ4n) is 4.10. The smallest absolute Gasteiger partial charge is 0.239 e. The van der Waals surface area contributed by atoms with Gasteiger partial charge in [-0.3, -0.25) is 9.59 Å². The quantitative estimate of drug-likeness (QED) is 0.813. The highest BCUT2D eigenvalue weighted by atomic mass is 35.5. The molecule has 4 rings (SSSR count). The molecular formula is C17H19Cl2N3O2. The normalized spacial score (nSPS) is 29.4. The van der Waals surface area contributed by atoms with Crippen molar-refractivity contribution in [2.45, 2.75) is 6.42 Å². The maximum absolute atomic E-state index is 12.8. The monoisotopic (exact) mass is 367 g/mol. The fourth-order valence-corrected chi connectivity index (χ4v) is 4.48. The van der Waals surface area contributed by atoms with E-state index in [1.165, 1.54) is 0 Å². The molecule has 0 spiro atoms. The van der Waals surface area contributed by atoms with Gasteiger partial charge in [0.1, 0.15) is 5.92 Å². The summed E-state index contributed by atoms with van der Waals surface area (Å²) in [7, 11) is 0. The van der Waals surface area contributed by atoms with Crippen molar-refractivity contribution in [3.63, 3.8) is 0 Å². The summed E-state index contributed by atoms with van der Waals surface area (Å²) in [4.78, 5) is 29.1. The molecule has 3 atom stereocenters. The summed E-state index contributed by atoms with van der Waals surface area (Å²) in [6.07, 6.45) is 0.532. The summed E-state index contributed by atoms with van der Waals surface area (Å²) >= 11 is 12.2. The average molecular weight is 368 g/mol. The van der Waals surface area contributed by atoms with Crippen LogP contribution in [0.1, 0.15) is 6.42 Å². The lowest BCUT2D eigenvalue weighted by Gasteiger charge is -2.22. The topological polar surface area (TPSA) is 52.7 Å². The van der Waals surface area contributed by atoms with Gasteiger partial charge >= 0.3 is 0 Å². The van der Waals surface area contributed by atoms with Crippen molar-refractivity contribution in [3.05, 3.63) is 28.2 Å². The Labute approximate surface area is 150 Å². The van der Waals surface area contributed by atoms with Crippen molar-refractivity contribution in [1.82, 2.24) is 10.2 Å². The first kappa shape index (κ1) is 16.2. The van der Waals surface area contributed by atoms with Crippen LogP contribution in [0.4, 0.5) is 5.69 Å². The zero-order valence-electron chi connectivity index (χ0n) is 13.2. The average Bonchev–Trinajstić information content (AvgIpc) is 3.23. The Bertz CT molecular complexity index is 684. The molecule has 3 heterocycles. The van der Waals surface area contributed by atoms with Crippen LogP contribution >= 0.6 is 23.2 Å². The molecule has 0 aliphatic carbocycles. The van der Waals surface area contributed by atoms with Gasteiger partial charge in [0.25, 0.3) is 0 Å². The van der Waals surface area contributed by atoms with E-state index in [-0.39, 0.29) is 11.8 Å². The number of halogens is 2. The number of fused-ring (bicyclic) bond motifs is 1. The zero-order valence-corrected chi connectivity index (χ0v) is 14.7. The van der Waals surface area contributed by atoms with Crippen molar-refractivity contribution >= 4 is 40.7 Å². The van der Waals surface area contributed by atoms with Crippen LogP contribution in [-0.2, 0) is 9.59 Å². The number of carbonyl (C=O) groups excluding carboxylic acids is 2. The lowest BCUT2D eigenvalue weighted by atomic mass is 10.0. The van der Waals surface area contributed by atoms with Crippen LogP contribution < -0.4 is 10.2 Å². The Kier molecular flexibility index (Phi) is 4.19.